The van der Waals surface area contributed by atoms with Crippen molar-refractivity contribution in [2.24, 2.45) is 0 Å². The van der Waals surface area contributed by atoms with Crippen LogP contribution in [0.15, 0.2) is 41.8 Å². The van der Waals surface area contributed by atoms with Gasteiger partial charge >= 0.3 is 6.18 Å². The van der Waals surface area contributed by atoms with E-state index in [1.54, 1.807) is 21.8 Å². The number of hydrogen-bond donors (Lipinski definition) is 1. The molecule has 24 heavy (non-hydrogen) atoms. The molecule has 3 heterocycles. The molecule has 122 valence electrons. The van der Waals surface area contributed by atoms with Crippen LogP contribution in [-0.4, -0.2) is 9.38 Å². The number of hydrogen-bond acceptors (Lipinski definition) is 3. The Hall–Kier alpha value is -2.54. The molecule has 0 aliphatic rings. The lowest BCUT2D eigenvalue weighted by molar-refractivity contribution is -0.137. The molecule has 0 unspecified atom stereocenters. The SMILES string of the molecule is Cc1cc2sccc2c2nc(-c3ccccc3C(F)(F)F)c(N)n12. The van der Waals surface area contributed by atoms with Crippen LogP contribution in [0.25, 0.3) is 27.0 Å². The largest absolute Gasteiger partial charge is 0.417 e. The van der Waals surface area contributed by atoms with Crippen LogP contribution in [0.4, 0.5) is 19.0 Å². The maximum absolute atomic E-state index is 13.3. The lowest BCUT2D eigenvalue weighted by atomic mass is 10.0. The maximum atomic E-state index is 13.3. The van der Waals surface area contributed by atoms with Crippen molar-refractivity contribution in [2.45, 2.75) is 13.1 Å². The third-order valence-electron chi connectivity index (χ3n) is 4.03. The van der Waals surface area contributed by atoms with Gasteiger partial charge in [-0.3, -0.25) is 4.40 Å². The number of thiophene rings is 1. The molecule has 3 nitrogen and oxygen atoms in total. The van der Waals surface area contributed by atoms with E-state index in [1.807, 2.05) is 24.4 Å². The van der Waals surface area contributed by atoms with Gasteiger partial charge in [0.15, 0.2) is 0 Å². The van der Waals surface area contributed by atoms with Crippen molar-refractivity contribution in [3.8, 4) is 11.3 Å². The minimum atomic E-state index is -4.47. The molecule has 4 rings (SSSR count). The van der Waals surface area contributed by atoms with Crippen LogP contribution in [0.1, 0.15) is 11.3 Å². The van der Waals surface area contributed by atoms with Gasteiger partial charge in [0.25, 0.3) is 0 Å². The van der Waals surface area contributed by atoms with Crippen molar-refractivity contribution in [1.29, 1.82) is 0 Å². The third-order valence-corrected chi connectivity index (χ3v) is 4.89. The number of aromatic nitrogens is 2. The quantitative estimate of drug-likeness (QED) is 0.519. The molecule has 0 saturated carbocycles. The second-order valence-corrected chi connectivity index (χ2v) is 6.48. The van der Waals surface area contributed by atoms with Crippen molar-refractivity contribution in [1.82, 2.24) is 9.38 Å². The molecule has 0 aliphatic heterocycles. The van der Waals surface area contributed by atoms with E-state index in [-0.39, 0.29) is 17.1 Å². The molecule has 4 aromatic rings. The van der Waals surface area contributed by atoms with Gasteiger partial charge < -0.3 is 5.73 Å². The Morgan fingerprint density at radius 2 is 1.92 bits per heavy atom. The highest BCUT2D eigenvalue weighted by atomic mass is 32.1. The van der Waals surface area contributed by atoms with Crippen LogP contribution in [0.5, 0.6) is 0 Å². The molecule has 0 amide bonds. The zero-order valence-corrected chi connectivity index (χ0v) is 13.4. The summed E-state index contributed by atoms with van der Waals surface area (Å²) in [7, 11) is 0. The normalized spacial score (nSPS) is 12.3. The molecule has 0 aliphatic carbocycles. The van der Waals surface area contributed by atoms with Gasteiger partial charge in [-0.2, -0.15) is 13.2 Å². The first-order chi connectivity index (χ1) is 11.4. The van der Waals surface area contributed by atoms with Gasteiger partial charge in [-0.1, -0.05) is 18.2 Å². The molecule has 2 N–H and O–H groups in total. The summed E-state index contributed by atoms with van der Waals surface area (Å²) in [6.07, 6.45) is -4.47. The Morgan fingerprint density at radius 1 is 1.17 bits per heavy atom. The molecular weight excluding hydrogens is 335 g/mol. The smallest absolute Gasteiger partial charge is 0.383 e. The van der Waals surface area contributed by atoms with Gasteiger partial charge in [0.2, 0.25) is 0 Å². The zero-order valence-electron chi connectivity index (χ0n) is 12.6. The zero-order chi connectivity index (χ0) is 17.1. The van der Waals surface area contributed by atoms with Crippen molar-refractivity contribution in [2.75, 3.05) is 5.73 Å². The summed E-state index contributed by atoms with van der Waals surface area (Å²) in [5.74, 6) is 0.215. The number of aryl methyl sites for hydroxylation is 1. The molecule has 0 bridgehead atoms. The van der Waals surface area contributed by atoms with E-state index in [0.29, 0.717) is 5.65 Å². The fourth-order valence-corrected chi connectivity index (χ4v) is 3.85. The van der Waals surface area contributed by atoms with Crippen LogP contribution in [0, 0.1) is 6.92 Å². The van der Waals surface area contributed by atoms with Gasteiger partial charge in [-0.15, -0.1) is 11.3 Å². The second kappa shape index (κ2) is 4.98. The number of halogens is 3. The summed E-state index contributed by atoms with van der Waals surface area (Å²) in [5.41, 5.74) is 7.01. The lowest BCUT2D eigenvalue weighted by Gasteiger charge is -2.11. The van der Waals surface area contributed by atoms with Crippen LogP contribution in [0.3, 0.4) is 0 Å². The van der Waals surface area contributed by atoms with Crippen LogP contribution >= 0.6 is 11.3 Å². The molecule has 0 saturated heterocycles. The molecule has 0 fully saturated rings. The summed E-state index contributed by atoms with van der Waals surface area (Å²) in [5, 5.41) is 2.81. The number of imidazole rings is 1. The molecule has 7 heteroatoms. The van der Waals surface area contributed by atoms with Gasteiger partial charge in [-0.05, 0) is 30.5 Å². The molecule has 0 radical (unpaired) electrons. The average Bonchev–Trinajstić information content (AvgIpc) is 3.11. The summed E-state index contributed by atoms with van der Waals surface area (Å²) >= 11 is 1.56. The monoisotopic (exact) mass is 347 g/mol. The molecule has 3 aromatic heterocycles. The molecule has 0 spiro atoms. The van der Waals surface area contributed by atoms with Crippen LogP contribution < -0.4 is 5.73 Å². The summed E-state index contributed by atoms with van der Waals surface area (Å²) < 4.78 is 42.7. The van der Waals surface area contributed by atoms with Gasteiger partial charge in [0, 0.05) is 21.3 Å². The summed E-state index contributed by atoms with van der Waals surface area (Å²) in [6, 6.07) is 9.24. The minimum absolute atomic E-state index is 0.00557. The van der Waals surface area contributed by atoms with Crippen molar-refractivity contribution < 1.29 is 13.2 Å². The Kier molecular flexibility index (Phi) is 3.11. The summed E-state index contributed by atoms with van der Waals surface area (Å²) in [6.45, 7) is 1.86. The predicted octanol–water partition coefficient (Wildman–Crippen LogP) is 5.13. The Balaban J connectivity index is 2.10. The molecule has 1 aromatic carbocycles. The number of alkyl halides is 3. The van der Waals surface area contributed by atoms with Crippen molar-refractivity contribution in [3.63, 3.8) is 0 Å². The predicted molar refractivity (Wildman–Crippen MR) is 90.2 cm³/mol. The first-order valence-corrected chi connectivity index (χ1v) is 8.07. The number of rotatable bonds is 1. The second-order valence-electron chi connectivity index (χ2n) is 5.53. The van der Waals surface area contributed by atoms with E-state index in [2.05, 4.69) is 4.98 Å². The Bertz CT molecular complexity index is 1080. The van der Waals surface area contributed by atoms with E-state index >= 15 is 0 Å². The van der Waals surface area contributed by atoms with Crippen molar-refractivity contribution in [3.05, 3.63) is 53.0 Å². The summed E-state index contributed by atoms with van der Waals surface area (Å²) in [4.78, 5) is 4.46. The molecular formula is C17H12F3N3S. The number of nitrogens with zero attached hydrogens (tertiary/aromatic N) is 2. The van der Waals surface area contributed by atoms with E-state index in [0.717, 1.165) is 21.8 Å². The minimum Gasteiger partial charge on any atom is -0.383 e. The van der Waals surface area contributed by atoms with E-state index in [1.165, 1.54) is 12.1 Å². The highest BCUT2D eigenvalue weighted by Gasteiger charge is 2.34. The maximum Gasteiger partial charge on any atom is 0.417 e. The van der Waals surface area contributed by atoms with Crippen LogP contribution in [-0.2, 0) is 6.18 Å². The number of nitrogen functional groups attached to an aromatic ring is 1. The average molecular weight is 347 g/mol. The van der Waals surface area contributed by atoms with Gasteiger partial charge in [0.1, 0.15) is 17.2 Å². The number of pyridine rings is 1. The van der Waals surface area contributed by atoms with E-state index in [9.17, 15) is 13.2 Å². The number of nitrogens with two attached hydrogens (primary N) is 1. The Morgan fingerprint density at radius 3 is 2.67 bits per heavy atom. The highest BCUT2D eigenvalue weighted by molar-refractivity contribution is 7.17. The topological polar surface area (TPSA) is 43.3 Å². The highest BCUT2D eigenvalue weighted by Crippen LogP contribution is 2.40. The van der Waals surface area contributed by atoms with Crippen molar-refractivity contribution >= 4 is 32.9 Å². The Labute approximate surface area is 139 Å². The van der Waals surface area contributed by atoms with Gasteiger partial charge in [-0.25, -0.2) is 4.98 Å². The molecule has 0 atom stereocenters. The van der Waals surface area contributed by atoms with Crippen LogP contribution in [0.2, 0.25) is 0 Å². The first kappa shape index (κ1) is 15.0. The number of anilines is 1. The first-order valence-electron chi connectivity index (χ1n) is 7.19. The number of benzene rings is 1. The lowest BCUT2D eigenvalue weighted by Crippen LogP contribution is -2.07. The standard InChI is InChI=1S/C17H12F3N3S/c1-9-8-13-11(6-7-24-13)16-22-14(15(21)23(9)16)10-4-2-3-5-12(10)17(18,19)20/h2-8H,21H2,1H3. The third kappa shape index (κ3) is 2.08. The van der Waals surface area contributed by atoms with E-state index < -0.39 is 11.7 Å². The fraction of sp³-hybridized carbons (Fsp3) is 0.118. The van der Waals surface area contributed by atoms with E-state index in [4.69, 9.17) is 5.73 Å². The fourth-order valence-electron chi connectivity index (χ4n) is 2.98. The van der Waals surface area contributed by atoms with Gasteiger partial charge in [0.05, 0.1) is 5.56 Å². The number of fused-ring (bicyclic) bond motifs is 3.